The first-order chi connectivity index (χ1) is 21.2. The van der Waals surface area contributed by atoms with Gasteiger partial charge in [0.2, 0.25) is 25.0 Å². The molecule has 0 aromatic heterocycles. The van der Waals surface area contributed by atoms with Crippen LogP contribution in [-0.4, -0.2) is 51.5 Å². The molecule has 3 nitrogen and oxygen atoms in total. The van der Waals surface area contributed by atoms with Crippen LogP contribution in [0.15, 0.2) is 30.3 Å². The van der Waals surface area contributed by atoms with E-state index >= 15 is 0 Å². The van der Waals surface area contributed by atoms with E-state index in [1.165, 1.54) is 0 Å². The molecule has 0 fully saturated rings. The first-order valence-corrected chi connectivity index (χ1v) is 33.8. The Morgan fingerprint density at radius 3 is 0.540 bits per heavy atom. The number of benzene rings is 1. The van der Waals surface area contributed by atoms with Crippen LogP contribution in [0.4, 0.5) is 0 Å². The molecule has 1 aromatic carbocycles. The second-order valence-electron chi connectivity index (χ2n) is 23.8. The van der Waals surface area contributed by atoms with Gasteiger partial charge in [0.15, 0.2) is 0 Å². The molecular weight excluding hydrogens is 893 g/mol. The molecule has 297 valence electrons. The van der Waals surface area contributed by atoms with Gasteiger partial charge >= 0.3 is 65.0 Å². The molecule has 0 saturated heterocycles. The Bertz CT molecular complexity index is 930. The molecule has 8 heteroatoms. The summed E-state index contributed by atoms with van der Waals surface area (Å²) in [4.78, 5) is 33.5. The van der Waals surface area contributed by atoms with Crippen LogP contribution in [0, 0.1) is 0 Å². The van der Waals surface area contributed by atoms with Crippen molar-refractivity contribution in [2.24, 2.45) is 0 Å². The van der Waals surface area contributed by atoms with Gasteiger partial charge in [-0.15, -0.1) is 0 Å². The molecule has 0 atom stereocenters. The zero-order valence-electron chi connectivity index (χ0n) is 38.6. The molecule has 0 saturated carbocycles. The van der Waals surface area contributed by atoms with E-state index in [0.717, 1.165) is 0 Å². The minimum atomic E-state index is -2.35. The average molecular weight is 982 g/mol. The molecule has 0 unspecified atom stereocenters. The van der Waals surface area contributed by atoms with Crippen molar-refractivity contribution in [2.75, 3.05) is 0 Å². The predicted octanol–water partition coefficient (Wildman–Crippen LogP) is 13.5. The van der Waals surface area contributed by atoms with Crippen LogP contribution in [0.1, 0.15) is 187 Å². The Morgan fingerprint density at radius 1 is 0.340 bits per heavy atom. The molecule has 0 aliphatic heterocycles. The van der Waals surface area contributed by atoms with E-state index in [2.05, 4.69) is 217 Å². The van der Waals surface area contributed by atoms with Gasteiger partial charge in [-0.25, -0.2) is 0 Å². The Labute approximate surface area is 334 Å². The van der Waals surface area contributed by atoms with Gasteiger partial charge in [-0.3, -0.25) is 0 Å². The number of hydrogen-bond donors (Lipinski definition) is 3. The predicted molar refractivity (Wildman–Crippen MR) is 233 cm³/mol. The normalized spacial score (nSPS) is 14.8. The van der Waals surface area contributed by atoms with E-state index in [1.54, 1.807) is 22.5 Å². The van der Waals surface area contributed by atoms with E-state index in [4.69, 9.17) is 0 Å². The summed E-state index contributed by atoms with van der Waals surface area (Å²) in [6.45, 7) is 58.8. The summed E-state index contributed by atoms with van der Waals surface area (Å²) in [5.41, 5.74) is 0. The van der Waals surface area contributed by atoms with Crippen molar-refractivity contribution in [2.45, 2.75) is 232 Å². The molecule has 0 aliphatic rings. The van der Waals surface area contributed by atoms with Gasteiger partial charge in [0.1, 0.15) is 0 Å². The Hall–Kier alpha value is 1.05. The van der Waals surface area contributed by atoms with Crippen molar-refractivity contribution >= 4 is 41.5 Å². The van der Waals surface area contributed by atoms with Gasteiger partial charge in [-0.05, 0) is 45.3 Å². The van der Waals surface area contributed by atoms with Crippen molar-refractivity contribution < 1.29 is 32.5 Å². The Morgan fingerprint density at radius 2 is 0.480 bits per heavy atom. The van der Waals surface area contributed by atoms with Crippen molar-refractivity contribution in [3.8, 4) is 0 Å². The van der Waals surface area contributed by atoms with Crippen LogP contribution in [-0.2, 0) is 18.1 Å². The average Bonchev–Trinajstić information content (AvgIpc) is 2.82. The summed E-state index contributed by atoms with van der Waals surface area (Å²) < 4.78 is 1.55. The zero-order valence-corrected chi connectivity index (χ0v) is 46.7. The molecular formula is C42H89AsO3Si3Ta. The maximum atomic E-state index is 11.2. The Balaban J connectivity index is -0.000000599. The van der Waals surface area contributed by atoms with Gasteiger partial charge in [0.25, 0.3) is 0 Å². The van der Waals surface area contributed by atoms with Crippen LogP contribution < -0.4 is 4.35 Å². The molecule has 0 bridgehead atoms. The van der Waals surface area contributed by atoms with Crippen molar-refractivity contribution in [3.05, 3.63) is 30.3 Å². The Kier molecular flexibility index (Phi) is 19.8. The first-order valence-electron chi connectivity index (χ1n) is 18.8. The summed E-state index contributed by atoms with van der Waals surface area (Å²) >= 11 is 2.09. The van der Waals surface area contributed by atoms with Gasteiger partial charge < -0.3 is 14.4 Å². The zero-order chi connectivity index (χ0) is 41.8. The molecule has 0 radical (unpaired) electrons. The van der Waals surface area contributed by atoms with E-state index in [9.17, 15) is 14.4 Å². The van der Waals surface area contributed by atoms with E-state index in [-0.39, 0.29) is 45.3 Å². The summed E-state index contributed by atoms with van der Waals surface area (Å²) in [6, 6.07) is 10.7. The minimum absolute atomic E-state index is 0.0174. The first kappa shape index (κ1) is 55.4. The van der Waals surface area contributed by atoms with Crippen molar-refractivity contribution in [1.29, 1.82) is 0 Å². The van der Waals surface area contributed by atoms with Crippen molar-refractivity contribution in [3.63, 3.8) is 0 Å². The molecule has 1 aromatic rings. The van der Waals surface area contributed by atoms with Crippen LogP contribution in [0.3, 0.4) is 0 Å². The summed E-state index contributed by atoms with van der Waals surface area (Å²) in [6.07, 6.45) is 0. The summed E-state index contributed by atoms with van der Waals surface area (Å²) in [7, 11) is -7.06. The number of rotatable bonds is 1. The fraction of sp³-hybridized carbons (Fsp3) is 0.857. The third-order valence-corrected chi connectivity index (χ3v) is 35.6. The second-order valence-corrected chi connectivity index (χ2v) is 46.8. The molecule has 0 amide bonds. The van der Waals surface area contributed by atoms with Crippen LogP contribution in [0.2, 0.25) is 45.3 Å². The molecule has 0 aliphatic carbocycles. The fourth-order valence-corrected chi connectivity index (χ4v) is 34.0. The van der Waals surface area contributed by atoms with Gasteiger partial charge in [0.05, 0.1) is 0 Å². The van der Waals surface area contributed by atoms with E-state index in [0.29, 0.717) is 12.2 Å². The third kappa shape index (κ3) is 13.4. The van der Waals surface area contributed by atoms with E-state index < -0.39 is 25.0 Å². The van der Waals surface area contributed by atoms with Crippen LogP contribution >= 0.6 is 0 Å². The third-order valence-electron chi connectivity index (χ3n) is 10.6. The maximum absolute atomic E-state index is 11.2. The SMILES string of the molecule is CC(C)(C)[Si](O)(C(C)(C)C)C(C)(C)C.CC(C)(C)[Si](O)(C(C)(C)C)C(C)(C)C.CC(C)(C)[Si](O)(C(C)(C)C)C(C)(C)C.[Ta]=[As]c1ccccc1. The van der Waals surface area contributed by atoms with Gasteiger partial charge in [0, 0.05) is 0 Å². The number of hydrogen-bond acceptors (Lipinski definition) is 3. The molecule has 50 heavy (non-hydrogen) atoms. The second kappa shape index (κ2) is 17.9. The fourth-order valence-electron chi connectivity index (χ4n) is 10.6. The molecule has 1 rings (SSSR count). The van der Waals surface area contributed by atoms with Crippen molar-refractivity contribution in [1.82, 2.24) is 0 Å². The monoisotopic (exact) mass is 981 g/mol. The van der Waals surface area contributed by atoms with Crippen LogP contribution in [0.5, 0.6) is 0 Å². The topological polar surface area (TPSA) is 60.7 Å². The quantitative estimate of drug-likeness (QED) is 0.246. The van der Waals surface area contributed by atoms with Crippen LogP contribution in [0.25, 0.3) is 0 Å². The molecule has 3 N–H and O–H groups in total. The van der Waals surface area contributed by atoms with Gasteiger partial charge in [-0.1, -0.05) is 187 Å². The molecule has 0 spiro atoms. The van der Waals surface area contributed by atoms with E-state index in [1.807, 2.05) is 0 Å². The summed E-state index contributed by atoms with van der Waals surface area (Å²) in [5.74, 6) is 0. The molecule has 0 heterocycles. The van der Waals surface area contributed by atoms with Gasteiger partial charge in [-0.2, -0.15) is 0 Å². The standard InChI is InChI=1S/3C12H28OSi.C6H5As.Ta/c3*1-10(2,3)14(13,11(4,5)6)12(7,8)9;7-6-4-2-1-3-5-6;/h3*13H,1-9H3;1-5H;. The summed E-state index contributed by atoms with van der Waals surface area (Å²) in [5, 5.41) is 0.156.